The van der Waals surface area contributed by atoms with Crippen molar-refractivity contribution >= 4 is 11.7 Å². The highest BCUT2D eigenvalue weighted by atomic mass is 16.4. The summed E-state index contributed by atoms with van der Waals surface area (Å²) in [5, 5.41) is 12.0. The van der Waals surface area contributed by atoms with E-state index in [1.807, 2.05) is 11.8 Å². The molecule has 0 aromatic heterocycles. The van der Waals surface area contributed by atoms with E-state index in [-0.39, 0.29) is 11.7 Å². The molecule has 0 bridgehead atoms. The van der Waals surface area contributed by atoms with Gasteiger partial charge in [-0.15, -0.1) is 0 Å². The maximum absolute atomic E-state index is 12.7. The van der Waals surface area contributed by atoms with Crippen LogP contribution in [-0.2, 0) is 4.79 Å². The molecular formula is C15H30N4O2. The summed E-state index contributed by atoms with van der Waals surface area (Å²) in [6.45, 7) is 10.7. The van der Waals surface area contributed by atoms with Crippen LogP contribution >= 0.6 is 0 Å². The quantitative estimate of drug-likeness (QED) is 0.292. The fraction of sp³-hybridized carbons (Fsp3) is 0.867. The molecule has 0 radical (unpaired) electrons. The molecule has 1 saturated carbocycles. The predicted molar refractivity (Wildman–Crippen MR) is 84.4 cm³/mol. The van der Waals surface area contributed by atoms with E-state index in [4.69, 9.17) is 10.9 Å². The lowest BCUT2D eigenvalue weighted by Crippen LogP contribution is -2.55. The van der Waals surface area contributed by atoms with Gasteiger partial charge in [-0.1, -0.05) is 25.4 Å². The molecule has 0 aliphatic heterocycles. The third kappa shape index (κ3) is 3.87. The Kier molecular flexibility index (Phi) is 6.95. The third-order valence-corrected chi connectivity index (χ3v) is 4.68. The lowest BCUT2D eigenvalue weighted by Gasteiger charge is -2.42. The second-order valence-electron chi connectivity index (χ2n) is 5.69. The zero-order chi connectivity index (χ0) is 15.9. The maximum Gasteiger partial charge on any atom is 0.236 e. The van der Waals surface area contributed by atoms with Gasteiger partial charge in [-0.2, -0.15) is 0 Å². The predicted octanol–water partition coefficient (Wildman–Crippen LogP) is 1.48. The van der Waals surface area contributed by atoms with Crippen LogP contribution in [0.5, 0.6) is 0 Å². The zero-order valence-corrected chi connectivity index (χ0v) is 13.6. The minimum absolute atomic E-state index is 0.0195. The molecule has 1 fully saturated rings. The van der Waals surface area contributed by atoms with E-state index in [1.165, 1.54) is 0 Å². The van der Waals surface area contributed by atoms with E-state index in [9.17, 15) is 4.79 Å². The van der Waals surface area contributed by atoms with Gasteiger partial charge in [0.2, 0.25) is 5.91 Å². The van der Waals surface area contributed by atoms with Crippen LogP contribution in [0.25, 0.3) is 0 Å². The van der Waals surface area contributed by atoms with Crippen molar-refractivity contribution in [3.8, 4) is 0 Å². The molecule has 0 unspecified atom stereocenters. The second kappa shape index (κ2) is 8.22. The lowest BCUT2D eigenvalue weighted by molar-refractivity contribution is -0.142. The Morgan fingerprint density at radius 2 is 1.81 bits per heavy atom. The Balaban J connectivity index is 2.61. The first-order valence-corrected chi connectivity index (χ1v) is 8.05. The van der Waals surface area contributed by atoms with Gasteiger partial charge in [-0.05, 0) is 45.8 Å². The maximum atomic E-state index is 12.7. The van der Waals surface area contributed by atoms with Crippen LogP contribution in [0.1, 0.15) is 46.5 Å². The Morgan fingerprint density at radius 1 is 1.19 bits per heavy atom. The number of nitrogens with two attached hydrogens (primary N) is 1. The van der Waals surface area contributed by atoms with Crippen molar-refractivity contribution in [1.82, 2.24) is 9.80 Å². The number of carbonyl (C=O) groups excluding carboxylic acids is 1. The number of rotatable bonds is 9. The van der Waals surface area contributed by atoms with Gasteiger partial charge in [0.05, 0.1) is 0 Å². The van der Waals surface area contributed by atoms with Crippen molar-refractivity contribution in [2.45, 2.75) is 46.5 Å². The van der Waals surface area contributed by atoms with Crippen LogP contribution in [-0.4, -0.2) is 59.5 Å². The van der Waals surface area contributed by atoms with Crippen LogP contribution < -0.4 is 5.73 Å². The average molecular weight is 298 g/mol. The van der Waals surface area contributed by atoms with Gasteiger partial charge >= 0.3 is 0 Å². The standard InChI is InChI=1S/C15H30N4O2/c1-4-18(5-2)11-8-12-19(6-3)14(20)15(9-7-10-15)13(16)17-21/h21H,4-12H2,1-3H3,(H2,16,17). The van der Waals surface area contributed by atoms with Gasteiger partial charge in [-0.3, -0.25) is 4.79 Å². The Bertz CT molecular complexity index is 363. The molecule has 0 atom stereocenters. The molecular weight excluding hydrogens is 268 g/mol. The number of hydrogen-bond acceptors (Lipinski definition) is 4. The molecule has 0 saturated heterocycles. The van der Waals surface area contributed by atoms with Crippen LogP contribution in [0.15, 0.2) is 5.16 Å². The van der Waals surface area contributed by atoms with E-state index in [0.29, 0.717) is 19.4 Å². The van der Waals surface area contributed by atoms with E-state index >= 15 is 0 Å². The van der Waals surface area contributed by atoms with Crippen molar-refractivity contribution in [2.75, 3.05) is 32.7 Å². The van der Waals surface area contributed by atoms with E-state index in [0.717, 1.165) is 39.0 Å². The fourth-order valence-corrected chi connectivity index (χ4v) is 2.94. The zero-order valence-electron chi connectivity index (χ0n) is 13.6. The molecule has 0 aromatic carbocycles. The summed E-state index contributed by atoms with van der Waals surface area (Å²) in [5.41, 5.74) is 5.02. The normalized spacial score (nSPS) is 17.6. The first-order chi connectivity index (χ1) is 10.1. The molecule has 122 valence electrons. The Morgan fingerprint density at radius 3 is 2.19 bits per heavy atom. The van der Waals surface area contributed by atoms with Crippen molar-refractivity contribution in [3.05, 3.63) is 0 Å². The molecule has 0 heterocycles. The van der Waals surface area contributed by atoms with E-state index < -0.39 is 5.41 Å². The van der Waals surface area contributed by atoms with Crippen molar-refractivity contribution in [1.29, 1.82) is 0 Å². The lowest BCUT2D eigenvalue weighted by atomic mass is 9.67. The monoisotopic (exact) mass is 298 g/mol. The summed E-state index contributed by atoms with van der Waals surface area (Å²) in [6.07, 6.45) is 3.29. The molecule has 1 aliphatic carbocycles. The Hall–Kier alpha value is -1.30. The second-order valence-corrected chi connectivity index (χ2v) is 5.69. The summed E-state index contributed by atoms with van der Waals surface area (Å²) < 4.78 is 0. The molecule has 0 aromatic rings. The number of amidine groups is 1. The molecule has 6 heteroatoms. The highest BCUT2D eigenvalue weighted by molar-refractivity contribution is 6.07. The third-order valence-electron chi connectivity index (χ3n) is 4.68. The number of amides is 1. The Labute approximate surface area is 128 Å². The van der Waals surface area contributed by atoms with Crippen molar-refractivity contribution in [3.63, 3.8) is 0 Å². The fourth-order valence-electron chi connectivity index (χ4n) is 2.94. The number of carbonyl (C=O) groups is 1. The highest BCUT2D eigenvalue weighted by Crippen LogP contribution is 2.42. The van der Waals surface area contributed by atoms with Gasteiger partial charge < -0.3 is 20.7 Å². The SMILES string of the molecule is CCN(CC)CCCN(CC)C(=O)C1(C(N)=NO)CCC1. The average Bonchev–Trinajstić information content (AvgIpc) is 2.46. The van der Waals surface area contributed by atoms with Crippen LogP contribution in [0, 0.1) is 5.41 Å². The summed E-state index contributed by atoms with van der Waals surface area (Å²) in [5.74, 6) is 0.0899. The van der Waals surface area contributed by atoms with E-state index in [1.54, 1.807) is 0 Å². The molecule has 21 heavy (non-hydrogen) atoms. The largest absolute Gasteiger partial charge is 0.409 e. The van der Waals surface area contributed by atoms with Gasteiger partial charge in [0, 0.05) is 13.1 Å². The molecule has 0 spiro atoms. The number of hydrogen-bond donors (Lipinski definition) is 2. The molecule has 1 amide bonds. The summed E-state index contributed by atoms with van der Waals surface area (Å²) in [4.78, 5) is 16.9. The minimum atomic E-state index is -0.750. The molecule has 6 nitrogen and oxygen atoms in total. The van der Waals surface area contributed by atoms with Gasteiger partial charge in [0.15, 0.2) is 5.84 Å². The number of nitrogens with zero attached hydrogens (tertiary/aromatic N) is 3. The highest BCUT2D eigenvalue weighted by Gasteiger charge is 2.49. The van der Waals surface area contributed by atoms with E-state index in [2.05, 4.69) is 23.9 Å². The van der Waals surface area contributed by atoms with Gasteiger partial charge in [-0.25, -0.2) is 0 Å². The molecule has 3 N–H and O–H groups in total. The summed E-state index contributed by atoms with van der Waals surface area (Å²) in [6, 6.07) is 0. The minimum Gasteiger partial charge on any atom is -0.409 e. The topological polar surface area (TPSA) is 82.2 Å². The van der Waals surface area contributed by atoms with Gasteiger partial charge in [0.1, 0.15) is 5.41 Å². The van der Waals surface area contributed by atoms with Crippen LogP contribution in [0.2, 0.25) is 0 Å². The van der Waals surface area contributed by atoms with Crippen LogP contribution in [0.3, 0.4) is 0 Å². The van der Waals surface area contributed by atoms with Crippen molar-refractivity contribution in [2.24, 2.45) is 16.3 Å². The summed E-state index contributed by atoms with van der Waals surface area (Å²) >= 11 is 0. The van der Waals surface area contributed by atoms with Gasteiger partial charge in [0.25, 0.3) is 0 Å². The van der Waals surface area contributed by atoms with Crippen LogP contribution in [0.4, 0.5) is 0 Å². The summed E-state index contributed by atoms with van der Waals surface area (Å²) in [7, 11) is 0. The first-order valence-electron chi connectivity index (χ1n) is 8.05. The van der Waals surface area contributed by atoms with Crippen molar-refractivity contribution < 1.29 is 10.0 Å². The number of oxime groups is 1. The molecule has 1 aliphatic rings. The molecule has 1 rings (SSSR count). The smallest absolute Gasteiger partial charge is 0.236 e. The first kappa shape index (κ1) is 17.8.